The summed E-state index contributed by atoms with van der Waals surface area (Å²) in [6.07, 6.45) is -2.11. The minimum Gasteiger partial charge on any atom is -0.374 e. The Morgan fingerprint density at radius 1 is 0.800 bits per heavy atom. The molecule has 0 bridgehead atoms. The quantitative estimate of drug-likeness (QED) is 0.398. The Kier molecular flexibility index (Phi) is 6.98. The van der Waals surface area contributed by atoms with Crippen LogP contribution in [0.4, 0.5) is 17.6 Å². The van der Waals surface area contributed by atoms with Gasteiger partial charge < -0.3 is 9.47 Å². The van der Waals surface area contributed by atoms with E-state index in [4.69, 9.17) is 9.47 Å². The zero-order valence-corrected chi connectivity index (χ0v) is 14.8. The lowest BCUT2D eigenvalue weighted by Crippen LogP contribution is -2.49. The van der Waals surface area contributed by atoms with Crippen molar-refractivity contribution in [2.45, 2.75) is 30.1 Å². The molecule has 0 radical (unpaired) electrons. The zero-order chi connectivity index (χ0) is 18.3. The van der Waals surface area contributed by atoms with E-state index in [0.717, 1.165) is 5.56 Å². The number of ether oxygens (including phenoxy) is 2. The average Bonchev–Trinajstić information content (AvgIpc) is 2.58. The number of rotatable bonds is 9. The van der Waals surface area contributed by atoms with Gasteiger partial charge in [-0.15, -0.1) is 0 Å². The minimum absolute atomic E-state index is 0.0238. The average molecular weight is 421 g/mol. The van der Waals surface area contributed by atoms with E-state index in [2.05, 4.69) is 0 Å². The van der Waals surface area contributed by atoms with Crippen LogP contribution >= 0.6 is 15.9 Å². The van der Waals surface area contributed by atoms with Gasteiger partial charge >= 0.3 is 10.8 Å². The molecule has 0 aromatic heterocycles. The van der Waals surface area contributed by atoms with Gasteiger partial charge in [0.2, 0.25) is 0 Å². The van der Waals surface area contributed by atoms with E-state index >= 15 is 0 Å². The fourth-order valence-corrected chi connectivity index (χ4v) is 2.32. The van der Waals surface area contributed by atoms with Gasteiger partial charge in [-0.3, -0.25) is 0 Å². The van der Waals surface area contributed by atoms with E-state index in [0.29, 0.717) is 5.56 Å². The molecule has 2 rings (SSSR count). The molecule has 0 amide bonds. The van der Waals surface area contributed by atoms with E-state index in [1.54, 1.807) is 76.6 Å². The van der Waals surface area contributed by atoms with Gasteiger partial charge in [0.05, 0.1) is 19.8 Å². The molecule has 7 heteroatoms. The molecule has 0 N–H and O–H groups in total. The lowest BCUT2D eigenvalue weighted by molar-refractivity contribution is -0.235. The van der Waals surface area contributed by atoms with Crippen LogP contribution in [0.5, 0.6) is 0 Å². The first-order chi connectivity index (χ1) is 11.8. The molecule has 2 nitrogen and oxygen atoms in total. The topological polar surface area (TPSA) is 18.5 Å². The standard InChI is InChI=1S/C18H17BrF4O2/c19-18(22,23)17(20,21)16(25-12-15-9-5-2-6-10-15)13-24-11-14-7-3-1-4-8-14/h1-10,16H,11-13H2/t16-/m1/s1. The largest absolute Gasteiger partial charge is 0.374 e. The molecule has 0 unspecified atom stereocenters. The molecular weight excluding hydrogens is 404 g/mol. The smallest absolute Gasteiger partial charge is 0.366 e. The Labute approximate surface area is 151 Å². The molecule has 1 atom stereocenters. The van der Waals surface area contributed by atoms with Crippen molar-refractivity contribution in [3.05, 3.63) is 71.8 Å². The van der Waals surface area contributed by atoms with Crippen LogP contribution in [0.3, 0.4) is 0 Å². The van der Waals surface area contributed by atoms with E-state index in [1.807, 2.05) is 0 Å². The summed E-state index contributed by atoms with van der Waals surface area (Å²) < 4.78 is 64.8. The van der Waals surface area contributed by atoms with Crippen molar-refractivity contribution >= 4 is 15.9 Å². The first-order valence-electron chi connectivity index (χ1n) is 7.52. The summed E-state index contributed by atoms with van der Waals surface area (Å²) in [5, 5.41) is 0. The van der Waals surface area contributed by atoms with Gasteiger partial charge in [0.1, 0.15) is 0 Å². The van der Waals surface area contributed by atoms with Crippen LogP contribution in [0, 0.1) is 0 Å². The van der Waals surface area contributed by atoms with E-state index < -0.39 is 23.5 Å². The third-order valence-electron chi connectivity index (χ3n) is 3.46. The Morgan fingerprint density at radius 3 is 1.76 bits per heavy atom. The van der Waals surface area contributed by atoms with Crippen molar-refractivity contribution in [1.29, 1.82) is 0 Å². The van der Waals surface area contributed by atoms with Crippen molar-refractivity contribution in [2.24, 2.45) is 0 Å². The van der Waals surface area contributed by atoms with Gasteiger partial charge in [-0.05, 0) is 27.1 Å². The third-order valence-corrected chi connectivity index (χ3v) is 3.99. The van der Waals surface area contributed by atoms with Gasteiger partial charge in [0.25, 0.3) is 0 Å². The summed E-state index contributed by atoms with van der Waals surface area (Å²) in [5.74, 6) is -4.43. The lowest BCUT2D eigenvalue weighted by Gasteiger charge is -2.30. The van der Waals surface area contributed by atoms with Gasteiger partial charge in [0, 0.05) is 0 Å². The molecule has 0 saturated carbocycles. The fourth-order valence-electron chi connectivity index (χ4n) is 2.07. The number of halogens is 5. The van der Waals surface area contributed by atoms with Gasteiger partial charge in [0.15, 0.2) is 6.10 Å². The summed E-state index contributed by atoms with van der Waals surface area (Å²) in [7, 11) is 0. The second-order valence-corrected chi connectivity index (χ2v) is 6.40. The Balaban J connectivity index is 2.01. The van der Waals surface area contributed by atoms with Crippen molar-refractivity contribution < 1.29 is 27.0 Å². The molecule has 0 aliphatic heterocycles. The number of benzene rings is 2. The molecular formula is C18H17BrF4O2. The van der Waals surface area contributed by atoms with Crippen molar-refractivity contribution in [3.8, 4) is 0 Å². The molecule has 0 fully saturated rings. The van der Waals surface area contributed by atoms with E-state index in [1.165, 1.54) is 0 Å². The van der Waals surface area contributed by atoms with Gasteiger partial charge in [-0.1, -0.05) is 60.7 Å². The molecule has 0 spiro atoms. The third kappa shape index (κ3) is 5.80. The maximum Gasteiger partial charge on any atom is 0.366 e. The highest BCUT2D eigenvalue weighted by Gasteiger charge is 2.60. The summed E-state index contributed by atoms with van der Waals surface area (Å²) in [4.78, 5) is -4.41. The Morgan fingerprint density at radius 2 is 1.28 bits per heavy atom. The monoisotopic (exact) mass is 420 g/mol. The van der Waals surface area contributed by atoms with E-state index in [-0.39, 0.29) is 13.2 Å². The van der Waals surface area contributed by atoms with Crippen molar-refractivity contribution in [1.82, 2.24) is 0 Å². The molecule has 2 aromatic rings. The van der Waals surface area contributed by atoms with Crippen molar-refractivity contribution in [3.63, 3.8) is 0 Å². The van der Waals surface area contributed by atoms with Crippen LogP contribution in [0.25, 0.3) is 0 Å². The van der Waals surface area contributed by atoms with Crippen LogP contribution in [0.1, 0.15) is 11.1 Å². The molecule has 25 heavy (non-hydrogen) atoms. The summed E-state index contributed by atoms with van der Waals surface area (Å²) in [6.45, 7) is -0.870. The molecule has 2 aromatic carbocycles. The number of alkyl halides is 5. The van der Waals surface area contributed by atoms with Gasteiger partial charge in [-0.25, -0.2) is 0 Å². The van der Waals surface area contributed by atoms with Crippen LogP contribution in [0.2, 0.25) is 0 Å². The highest BCUT2D eigenvalue weighted by molar-refractivity contribution is 9.10. The predicted octanol–water partition coefficient (Wildman–Crippen LogP) is 5.41. The fraction of sp³-hybridized carbons (Fsp3) is 0.333. The summed E-state index contributed by atoms with van der Waals surface area (Å²) in [6, 6.07) is 17.3. The van der Waals surface area contributed by atoms with Crippen LogP contribution in [-0.4, -0.2) is 23.5 Å². The Bertz CT molecular complexity index is 633. The Hall–Kier alpha value is -1.44. The summed E-state index contributed by atoms with van der Waals surface area (Å²) in [5.41, 5.74) is 1.35. The SMILES string of the molecule is FC(F)(Br)C(F)(F)[C@@H](COCc1ccccc1)OCc1ccccc1. The van der Waals surface area contributed by atoms with Crippen LogP contribution in [0.15, 0.2) is 60.7 Å². The van der Waals surface area contributed by atoms with Crippen LogP contribution in [-0.2, 0) is 22.7 Å². The second kappa shape index (κ2) is 8.78. The van der Waals surface area contributed by atoms with Gasteiger partial charge in [-0.2, -0.15) is 17.6 Å². The zero-order valence-electron chi connectivity index (χ0n) is 13.2. The molecule has 136 valence electrons. The van der Waals surface area contributed by atoms with E-state index in [9.17, 15) is 17.6 Å². The molecule has 0 saturated heterocycles. The predicted molar refractivity (Wildman–Crippen MR) is 89.9 cm³/mol. The molecule has 0 heterocycles. The van der Waals surface area contributed by atoms with Crippen molar-refractivity contribution in [2.75, 3.05) is 6.61 Å². The second-order valence-electron chi connectivity index (χ2n) is 5.41. The highest BCUT2D eigenvalue weighted by Crippen LogP contribution is 2.43. The lowest BCUT2D eigenvalue weighted by atomic mass is 10.2. The minimum atomic E-state index is -4.43. The normalized spacial score (nSPS) is 13.6. The first-order valence-corrected chi connectivity index (χ1v) is 8.32. The molecule has 0 aliphatic rings. The maximum atomic E-state index is 14.0. The summed E-state index contributed by atoms with van der Waals surface area (Å²) >= 11 is 1.74. The number of hydrogen-bond donors (Lipinski definition) is 0. The first kappa shape index (κ1) is 19.9. The van der Waals surface area contributed by atoms with Crippen LogP contribution < -0.4 is 0 Å². The highest BCUT2D eigenvalue weighted by atomic mass is 79.9. The maximum absolute atomic E-state index is 14.0. The number of hydrogen-bond acceptors (Lipinski definition) is 2. The molecule has 0 aliphatic carbocycles.